The highest BCUT2D eigenvalue weighted by atomic mass is 79.9. The van der Waals surface area contributed by atoms with Gasteiger partial charge in [0, 0.05) is 16.1 Å². The molecule has 1 unspecified atom stereocenters. The van der Waals surface area contributed by atoms with E-state index >= 15 is 0 Å². The predicted molar refractivity (Wildman–Crippen MR) is 92.3 cm³/mol. The smallest absolute Gasteiger partial charge is 0.0774 e. The molecule has 2 rings (SSSR count). The first-order valence-corrected chi connectivity index (χ1v) is 8.41. The van der Waals surface area contributed by atoms with Crippen LogP contribution in [0, 0.1) is 0 Å². The van der Waals surface area contributed by atoms with E-state index in [0.717, 1.165) is 22.3 Å². The highest BCUT2D eigenvalue weighted by Gasteiger charge is 2.24. The minimum absolute atomic E-state index is 0.0690. The number of hydrogen-bond donors (Lipinski definition) is 1. The third kappa shape index (κ3) is 3.62. The Bertz CT molecular complexity index is 625. The van der Waals surface area contributed by atoms with Gasteiger partial charge in [-0.3, -0.25) is 4.68 Å². The lowest BCUT2D eigenvalue weighted by molar-refractivity contribution is 0.475. The highest BCUT2D eigenvalue weighted by Crippen LogP contribution is 2.35. The van der Waals surface area contributed by atoms with E-state index in [9.17, 15) is 0 Å². The molecule has 21 heavy (non-hydrogen) atoms. The van der Waals surface area contributed by atoms with Crippen LogP contribution >= 0.6 is 39.1 Å². The monoisotopic (exact) mass is 389 g/mol. The van der Waals surface area contributed by atoms with Crippen molar-refractivity contribution in [3.63, 3.8) is 0 Å². The lowest BCUT2D eigenvalue weighted by Crippen LogP contribution is -2.26. The molecule has 1 atom stereocenters. The molecule has 114 valence electrons. The Kier molecular flexibility index (Phi) is 5.72. The second-order valence-corrected chi connectivity index (χ2v) is 6.77. The first-order valence-electron chi connectivity index (χ1n) is 6.87. The minimum Gasteiger partial charge on any atom is -0.305 e. The van der Waals surface area contributed by atoms with Crippen molar-refractivity contribution >= 4 is 39.1 Å². The average Bonchev–Trinajstić information content (AvgIpc) is 2.81. The van der Waals surface area contributed by atoms with Crippen LogP contribution < -0.4 is 5.32 Å². The Morgan fingerprint density at radius 2 is 2.05 bits per heavy atom. The summed E-state index contributed by atoms with van der Waals surface area (Å²) in [6.07, 6.45) is 1.82. The van der Waals surface area contributed by atoms with E-state index in [4.69, 9.17) is 23.2 Å². The van der Waals surface area contributed by atoms with E-state index in [-0.39, 0.29) is 12.1 Å². The zero-order valence-corrected chi connectivity index (χ0v) is 15.3. The maximum absolute atomic E-state index is 6.38. The minimum atomic E-state index is -0.0690. The summed E-state index contributed by atoms with van der Waals surface area (Å²) in [5, 5.41) is 9.28. The van der Waals surface area contributed by atoms with Gasteiger partial charge in [0.2, 0.25) is 0 Å². The molecule has 2 aromatic rings. The van der Waals surface area contributed by atoms with Crippen molar-refractivity contribution in [3.05, 3.63) is 50.2 Å². The van der Waals surface area contributed by atoms with Gasteiger partial charge >= 0.3 is 0 Å². The average molecular weight is 391 g/mol. The van der Waals surface area contributed by atoms with Crippen LogP contribution in [0.3, 0.4) is 0 Å². The van der Waals surface area contributed by atoms with Crippen LogP contribution in [-0.4, -0.2) is 16.3 Å². The number of aromatic nitrogens is 2. The Labute approximate surface area is 143 Å². The Morgan fingerprint density at radius 3 is 2.67 bits per heavy atom. The highest BCUT2D eigenvalue weighted by molar-refractivity contribution is 9.10. The summed E-state index contributed by atoms with van der Waals surface area (Å²) in [4.78, 5) is 0. The van der Waals surface area contributed by atoms with Crippen LogP contribution in [0.1, 0.15) is 44.1 Å². The van der Waals surface area contributed by atoms with Gasteiger partial charge in [0.25, 0.3) is 0 Å². The molecule has 0 aliphatic heterocycles. The van der Waals surface area contributed by atoms with Gasteiger partial charge in [-0.15, -0.1) is 0 Å². The van der Waals surface area contributed by atoms with E-state index < -0.39 is 0 Å². The number of hydrogen-bond acceptors (Lipinski definition) is 2. The largest absolute Gasteiger partial charge is 0.305 e. The normalized spacial score (nSPS) is 12.9. The van der Waals surface area contributed by atoms with Gasteiger partial charge in [0.15, 0.2) is 0 Å². The molecule has 1 heterocycles. The number of nitrogens with zero attached hydrogens (tertiary/aromatic N) is 2. The van der Waals surface area contributed by atoms with Crippen LogP contribution in [0.15, 0.2) is 28.9 Å². The molecule has 0 bridgehead atoms. The fourth-order valence-corrected chi connectivity index (χ4v) is 3.24. The molecular weight excluding hydrogens is 373 g/mol. The molecule has 0 aliphatic carbocycles. The molecule has 0 spiro atoms. The molecule has 6 heteroatoms. The standard InChI is InChI=1S/C15H18BrCl2N3/c1-4-19-14(11-7-10(17)5-6-13(11)18)15-12(16)8-20-21(15)9(2)3/h5-9,14,19H,4H2,1-3H3. The SMILES string of the molecule is CCNC(c1cc(Cl)ccc1Cl)c1c(Br)cnn1C(C)C. The first-order chi connectivity index (χ1) is 9.95. The molecule has 0 saturated heterocycles. The zero-order valence-electron chi connectivity index (χ0n) is 12.2. The second-order valence-electron chi connectivity index (χ2n) is 5.07. The molecule has 0 radical (unpaired) electrons. The first kappa shape index (κ1) is 16.8. The topological polar surface area (TPSA) is 29.9 Å². The van der Waals surface area contributed by atoms with Crippen LogP contribution in [0.5, 0.6) is 0 Å². The lowest BCUT2D eigenvalue weighted by Gasteiger charge is -2.23. The maximum Gasteiger partial charge on any atom is 0.0774 e. The van der Waals surface area contributed by atoms with Gasteiger partial charge < -0.3 is 5.32 Å². The molecule has 0 fully saturated rings. The molecule has 1 N–H and O–H groups in total. The van der Waals surface area contributed by atoms with E-state index in [2.05, 4.69) is 47.1 Å². The lowest BCUT2D eigenvalue weighted by atomic mass is 10.0. The quantitative estimate of drug-likeness (QED) is 0.757. The van der Waals surface area contributed by atoms with Crippen molar-refractivity contribution < 1.29 is 0 Å². The molecular formula is C15H18BrCl2N3. The predicted octanol–water partition coefficient (Wildman–Crippen LogP) is 5.23. The van der Waals surface area contributed by atoms with E-state index in [0.29, 0.717) is 10.0 Å². The molecule has 1 aromatic heterocycles. The van der Waals surface area contributed by atoms with Gasteiger partial charge in [0.1, 0.15) is 0 Å². The third-order valence-corrected chi connectivity index (χ3v) is 4.42. The second kappa shape index (κ2) is 7.14. The van der Waals surface area contributed by atoms with Crippen molar-refractivity contribution in [2.75, 3.05) is 6.54 Å². The van der Waals surface area contributed by atoms with E-state index in [1.165, 1.54) is 0 Å². The fourth-order valence-electron chi connectivity index (χ4n) is 2.33. The molecule has 3 nitrogen and oxygen atoms in total. The van der Waals surface area contributed by atoms with Gasteiger partial charge in [-0.1, -0.05) is 30.1 Å². The zero-order chi connectivity index (χ0) is 15.6. The van der Waals surface area contributed by atoms with Crippen LogP contribution in [0.4, 0.5) is 0 Å². The van der Waals surface area contributed by atoms with E-state index in [1.54, 1.807) is 6.07 Å². The summed E-state index contributed by atoms with van der Waals surface area (Å²) >= 11 is 16.1. The van der Waals surface area contributed by atoms with Crippen LogP contribution in [-0.2, 0) is 0 Å². The van der Waals surface area contributed by atoms with Crippen molar-refractivity contribution in [1.29, 1.82) is 0 Å². The van der Waals surface area contributed by atoms with Crippen LogP contribution in [0.2, 0.25) is 10.0 Å². The van der Waals surface area contributed by atoms with Gasteiger partial charge in [-0.25, -0.2) is 0 Å². The van der Waals surface area contributed by atoms with Gasteiger partial charge in [-0.05, 0) is 60.1 Å². The number of rotatable bonds is 5. The van der Waals surface area contributed by atoms with E-state index in [1.807, 2.05) is 23.0 Å². The fraction of sp³-hybridized carbons (Fsp3) is 0.400. The Hall–Kier alpha value is -0.550. The van der Waals surface area contributed by atoms with Gasteiger partial charge in [0.05, 0.1) is 22.4 Å². The summed E-state index contributed by atoms with van der Waals surface area (Å²) in [5.41, 5.74) is 2.00. The van der Waals surface area contributed by atoms with Gasteiger partial charge in [-0.2, -0.15) is 5.10 Å². The maximum atomic E-state index is 6.38. The van der Waals surface area contributed by atoms with Crippen molar-refractivity contribution in [3.8, 4) is 0 Å². The molecule has 0 amide bonds. The Morgan fingerprint density at radius 1 is 1.33 bits per heavy atom. The number of halogens is 3. The van der Waals surface area contributed by atoms with Crippen LogP contribution in [0.25, 0.3) is 0 Å². The summed E-state index contributed by atoms with van der Waals surface area (Å²) in [5.74, 6) is 0. The summed E-state index contributed by atoms with van der Waals surface area (Å²) in [6.45, 7) is 7.08. The number of nitrogens with one attached hydrogen (secondary N) is 1. The summed E-state index contributed by atoms with van der Waals surface area (Å²) in [7, 11) is 0. The van der Waals surface area contributed by atoms with Crippen molar-refractivity contribution in [2.45, 2.75) is 32.9 Å². The molecule has 1 aromatic carbocycles. The molecule has 0 saturated carbocycles. The van der Waals surface area contributed by atoms with Crippen molar-refractivity contribution in [2.24, 2.45) is 0 Å². The number of benzene rings is 1. The third-order valence-electron chi connectivity index (χ3n) is 3.23. The molecule has 0 aliphatic rings. The Balaban J connectivity index is 2.59. The summed E-state index contributed by atoms with van der Waals surface area (Å²) < 4.78 is 2.95. The van der Waals surface area contributed by atoms with Crippen molar-refractivity contribution in [1.82, 2.24) is 15.1 Å². The summed E-state index contributed by atoms with van der Waals surface area (Å²) in [6, 6.07) is 5.71.